The van der Waals surface area contributed by atoms with E-state index in [1.807, 2.05) is 0 Å². The topological polar surface area (TPSA) is 201 Å². The summed E-state index contributed by atoms with van der Waals surface area (Å²) in [5.74, 6) is 2.25. The number of ether oxygens (including phenoxy) is 4. The second-order valence-corrected chi connectivity index (χ2v) is 14.7. The maximum absolute atomic E-state index is 13.6. The highest BCUT2D eigenvalue weighted by Gasteiger charge is 2.19. The minimum atomic E-state index is -0.607. The molecule has 0 aliphatic carbocycles. The second-order valence-electron chi connectivity index (χ2n) is 14.7. The number of hydrogen-bond acceptors (Lipinski definition) is 8. The van der Waals surface area contributed by atoms with Crippen molar-refractivity contribution in [3.63, 3.8) is 0 Å². The minimum absolute atomic E-state index is 0.282. The van der Waals surface area contributed by atoms with Crippen LogP contribution in [0.5, 0.6) is 46.0 Å². The van der Waals surface area contributed by atoms with E-state index in [2.05, 4.69) is 42.5 Å². The molecule has 0 saturated carbocycles. The van der Waals surface area contributed by atoms with Gasteiger partial charge in [-0.1, -0.05) is 97.1 Å². The van der Waals surface area contributed by atoms with E-state index in [-0.39, 0.29) is 46.0 Å². The number of urea groups is 4. The van der Waals surface area contributed by atoms with Crippen LogP contribution in [-0.4, -0.2) is 24.1 Å². The molecule has 0 bridgehead atoms. The van der Waals surface area contributed by atoms with Crippen LogP contribution in [0.4, 0.5) is 64.7 Å². The van der Waals surface area contributed by atoms with Crippen molar-refractivity contribution in [3.8, 4) is 46.0 Å². The first-order valence-electron chi connectivity index (χ1n) is 21.1. The lowest BCUT2D eigenvalue weighted by molar-refractivity contribution is 0.261. The quantitative estimate of drug-likeness (QED) is 0.0734. The molecule has 1 aliphatic heterocycles. The van der Waals surface area contributed by atoms with Crippen molar-refractivity contribution < 1.29 is 38.1 Å². The Kier molecular flexibility index (Phi) is 12.9. The number of carbonyl (C=O) groups excluding carboxylic acids is 4. The number of benzene rings is 8. The number of hydrogen-bond donors (Lipinski definition) is 8. The van der Waals surface area contributed by atoms with Gasteiger partial charge in [-0.05, 0) is 97.1 Å². The van der Waals surface area contributed by atoms with Gasteiger partial charge < -0.3 is 61.5 Å². The summed E-state index contributed by atoms with van der Waals surface area (Å²) in [6.07, 6.45) is 0. The molecule has 16 nitrogen and oxygen atoms in total. The van der Waals surface area contributed by atoms with E-state index in [1.165, 1.54) is 0 Å². The van der Waals surface area contributed by atoms with Crippen molar-refractivity contribution in [1.29, 1.82) is 0 Å². The SMILES string of the molecule is O=C1Nc2ccccc2Oc2ccccc2NC(=O)Nc2ccccc2Oc2ccccc2NC(=O)Nc2ccccc2Oc2ccccc2NC(=O)Nc2ccccc2Oc2ccccc2N1. The molecular formula is C52H40N8O8. The molecule has 0 aromatic heterocycles. The largest absolute Gasteiger partial charge is 0.453 e. The fourth-order valence-corrected chi connectivity index (χ4v) is 6.85. The van der Waals surface area contributed by atoms with Crippen LogP contribution >= 0.6 is 0 Å². The average molecular weight is 905 g/mol. The Morgan fingerprint density at radius 3 is 0.441 bits per heavy atom. The zero-order valence-corrected chi connectivity index (χ0v) is 35.7. The highest BCUT2D eigenvalue weighted by Crippen LogP contribution is 2.39. The lowest BCUT2D eigenvalue weighted by Gasteiger charge is -2.18. The third kappa shape index (κ3) is 10.7. The molecule has 0 spiro atoms. The molecule has 8 amide bonds. The molecular weight excluding hydrogens is 865 g/mol. The Morgan fingerprint density at radius 2 is 0.309 bits per heavy atom. The lowest BCUT2D eigenvalue weighted by atomic mass is 10.2. The summed E-state index contributed by atoms with van der Waals surface area (Å²) in [5, 5.41) is 22.7. The first-order valence-corrected chi connectivity index (χ1v) is 21.1. The van der Waals surface area contributed by atoms with Crippen LogP contribution in [0.1, 0.15) is 0 Å². The van der Waals surface area contributed by atoms with Crippen molar-refractivity contribution in [3.05, 3.63) is 194 Å². The lowest BCUT2D eigenvalue weighted by Crippen LogP contribution is -2.21. The summed E-state index contributed by atoms with van der Waals surface area (Å²) in [6.45, 7) is 0. The Labute approximate surface area is 389 Å². The summed E-state index contributed by atoms with van der Waals surface area (Å²) in [6, 6.07) is 52.1. The van der Waals surface area contributed by atoms with Crippen molar-refractivity contribution in [2.75, 3.05) is 42.5 Å². The highest BCUT2D eigenvalue weighted by molar-refractivity contribution is 6.04. The summed E-state index contributed by atoms with van der Waals surface area (Å²) < 4.78 is 25.2. The van der Waals surface area contributed by atoms with Gasteiger partial charge in [0.1, 0.15) is 0 Å². The molecule has 8 N–H and O–H groups in total. The van der Waals surface area contributed by atoms with Gasteiger partial charge in [0.2, 0.25) is 0 Å². The molecule has 336 valence electrons. The standard InChI is InChI=1S/C52H40N8O8/c61-49-53-33-17-1-9-25-41(33)65-42-26-10-2-18-34(42)55-50(62)56-37-21-5-13-29-45(37)67-46-30-14-6-22-38(46)59-52(64)60-40-24-8-16-32-48(40)68-47-31-15-7-23-39(47)58-51(63)57-36-20-4-12-28-44(36)66-43-27-11-3-19-35(43)54-49/h1-32H,(H2,53,54,61)(H2,55,56,62)(H2,57,58,63)(H2,59,60,64). The fourth-order valence-electron chi connectivity index (χ4n) is 6.85. The number of rotatable bonds is 0. The Hall–Kier alpha value is -9.96. The number of carbonyl (C=O) groups is 4. The molecule has 1 heterocycles. The Balaban J connectivity index is 1.04. The van der Waals surface area contributed by atoms with Gasteiger partial charge >= 0.3 is 24.1 Å². The first kappa shape index (κ1) is 43.3. The van der Waals surface area contributed by atoms with Crippen LogP contribution in [0.25, 0.3) is 0 Å². The molecule has 8 aromatic rings. The van der Waals surface area contributed by atoms with Gasteiger partial charge in [-0.3, -0.25) is 0 Å². The molecule has 8 aromatic carbocycles. The van der Waals surface area contributed by atoms with Crippen LogP contribution in [0.15, 0.2) is 194 Å². The maximum Gasteiger partial charge on any atom is 0.323 e. The van der Waals surface area contributed by atoms with E-state index in [4.69, 9.17) is 18.9 Å². The zero-order valence-electron chi connectivity index (χ0n) is 35.7. The van der Waals surface area contributed by atoms with Gasteiger partial charge in [0.25, 0.3) is 0 Å². The van der Waals surface area contributed by atoms with Gasteiger partial charge in [0.05, 0.1) is 45.5 Å². The maximum atomic E-state index is 13.6. The van der Waals surface area contributed by atoms with Crippen LogP contribution in [0.2, 0.25) is 0 Å². The second kappa shape index (κ2) is 20.3. The van der Waals surface area contributed by atoms with Crippen LogP contribution in [0.3, 0.4) is 0 Å². The van der Waals surface area contributed by atoms with Crippen molar-refractivity contribution in [2.45, 2.75) is 0 Å². The molecule has 0 unspecified atom stereocenters. The summed E-state index contributed by atoms with van der Waals surface area (Å²) >= 11 is 0. The third-order valence-corrected chi connectivity index (χ3v) is 9.96. The Bertz CT molecular complexity index is 2550. The molecule has 68 heavy (non-hydrogen) atoms. The van der Waals surface area contributed by atoms with Crippen molar-refractivity contribution >= 4 is 69.6 Å². The number of para-hydroxylation sites is 16. The van der Waals surface area contributed by atoms with E-state index < -0.39 is 24.1 Å². The molecule has 0 atom stereocenters. The zero-order chi connectivity index (χ0) is 46.7. The van der Waals surface area contributed by atoms with Crippen molar-refractivity contribution in [1.82, 2.24) is 0 Å². The highest BCUT2D eigenvalue weighted by atomic mass is 16.5. The number of amides is 8. The van der Waals surface area contributed by atoms with E-state index in [0.717, 1.165) is 0 Å². The smallest absolute Gasteiger partial charge is 0.323 e. The minimum Gasteiger partial charge on any atom is -0.453 e. The van der Waals surface area contributed by atoms with E-state index in [1.54, 1.807) is 194 Å². The van der Waals surface area contributed by atoms with Crippen LogP contribution < -0.4 is 61.5 Å². The first-order chi connectivity index (χ1) is 33.3. The number of anilines is 8. The summed E-state index contributed by atoms with van der Waals surface area (Å²) in [5.41, 5.74) is 2.58. The van der Waals surface area contributed by atoms with E-state index in [9.17, 15) is 19.2 Å². The molecule has 0 radical (unpaired) electrons. The van der Waals surface area contributed by atoms with Gasteiger partial charge in [-0.25, -0.2) is 19.2 Å². The summed E-state index contributed by atoms with van der Waals surface area (Å²) in [7, 11) is 0. The molecule has 0 saturated heterocycles. The number of fused-ring (bicyclic) bond motifs is 8. The molecule has 1 aliphatic rings. The average Bonchev–Trinajstić information content (AvgIpc) is 3.33. The third-order valence-electron chi connectivity index (χ3n) is 9.96. The van der Waals surface area contributed by atoms with E-state index in [0.29, 0.717) is 45.5 Å². The predicted molar refractivity (Wildman–Crippen MR) is 262 cm³/mol. The van der Waals surface area contributed by atoms with Gasteiger partial charge in [-0.15, -0.1) is 0 Å². The molecule has 0 fully saturated rings. The van der Waals surface area contributed by atoms with Crippen molar-refractivity contribution in [2.24, 2.45) is 0 Å². The fraction of sp³-hybridized carbons (Fsp3) is 0. The van der Waals surface area contributed by atoms with E-state index >= 15 is 0 Å². The normalized spacial score (nSPS) is 13.1. The molecule has 9 rings (SSSR count). The Morgan fingerprint density at radius 1 is 0.191 bits per heavy atom. The monoisotopic (exact) mass is 904 g/mol. The van der Waals surface area contributed by atoms with Crippen LogP contribution in [0, 0.1) is 0 Å². The summed E-state index contributed by atoms with van der Waals surface area (Å²) in [4.78, 5) is 54.5. The van der Waals surface area contributed by atoms with Crippen LogP contribution in [-0.2, 0) is 0 Å². The van der Waals surface area contributed by atoms with Gasteiger partial charge in [0.15, 0.2) is 46.0 Å². The molecule has 16 heteroatoms. The van der Waals surface area contributed by atoms with Gasteiger partial charge in [-0.2, -0.15) is 0 Å². The number of nitrogens with one attached hydrogen (secondary N) is 8. The van der Waals surface area contributed by atoms with Gasteiger partial charge in [0, 0.05) is 0 Å². The predicted octanol–water partition coefficient (Wildman–Crippen LogP) is 13.7.